The summed E-state index contributed by atoms with van der Waals surface area (Å²) < 4.78 is 0. The number of nitrogens with zero attached hydrogens (tertiary/aromatic N) is 2. The van der Waals surface area contributed by atoms with Crippen LogP contribution in [0.3, 0.4) is 0 Å². The maximum atomic E-state index is 8.86. The van der Waals surface area contributed by atoms with Crippen molar-refractivity contribution in [1.82, 2.24) is 4.98 Å². The molecule has 2 nitrogen and oxygen atoms in total. The van der Waals surface area contributed by atoms with E-state index in [1.165, 1.54) is 32.1 Å². The number of hydrogen-bond acceptors (Lipinski definition) is 4. The molecule has 0 unspecified atom stereocenters. The summed E-state index contributed by atoms with van der Waals surface area (Å²) in [5, 5.41) is 10.8. The first kappa shape index (κ1) is 11.9. The third-order valence-electron chi connectivity index (χ3n) is 2.94. The Morgan fingerprint density at radius 2 is 2.19 bits per heavy atom. The molecule has 86 valence electrons. The molecule has 0 bridgehead atoms. The monoisotopic (exact) mass is 252 g/mol. The van der Waals surface area contributed by atoms with Crippen molar-refractivity contribution in [2.75, 3.05) is 0 Å². The highest BCUT2D eigenvalue weighted by molar-refractivity contribution is 7.99. The maximum Gasteiger partial charge on any atom is 0.127 e. The first-order valence-corrected chi connectivity index (χ1v) is 7.64. The van der Waals surface area contributed by atoms with Crippen LogP contribution in [0.15, 0.2) is 0 Å². The molecule has 0 spiro atoms. The van der Waals surface area contributed by atoms with Crippen molar-refractivity contribution in [1.29, 1.82) is 5.26 Å². The molecule has 1 aromatic heterocycles. The van der Waals surface area contributed by atoms with Gasteiger partial charge in [-0.05, 0) is 19.8 Å². The summed E-state index contributed by atoms with van der Waals surface area (Å²) in [7, 11) is 0. The summed E-state index contributed by atoms with van der Waals surface area (Å²) in [6.45, 7) is 1.92. The zero-order valence-corrected chi connectivity index (χ0v) is 11.2. The van der Waals surface area contributed by atoms with Crippen LogP contribution < -0.4 is 0 Å². The molecule has 1 fully saturated rings. The Balaban J connectivity index is 1.86. The number of hydrogen-bond donors (Lipinski definition) is 0. The van der Waals surface area contributed by atoms with Gasteiger partial charge in [-0.3, -0.25) is 0 Å². The Hall–Kier alpha value is -0.530. The van der Waals surface area contributed by atoms with E-state index in [0.717, 1.165) is 26.6 Å². The quantitative estimate of drug-likeness (QED) is 0.819. The maximum absolute atomic E-state index is 8.86. The molecule has 0 amide bonds. The van der Waals surface area contributed by atoms with Crippen LogP contribution in [-0.4, -0.2) is 10.2 Å². The predicted molar refractivity (Wildman–Crippen MR) is 69.7 cm³/mol. The van der Waals surface area contributed by atoms with E-state index in [4.69, 9.17) is 5.26 Å². The number of rotatable bonds is 3. The second kappa shape index (κ2) is 5.70. The van der Waals surface area contributed by atoms with E-state index >= 15 is 0 Å². The SMILES string of the molecule is Cc1nc(CSC2CCCCC2)sc1C#N. The van der Waals surface area contributed by atoms with Crippen molar-refractivity contribution in [3.8, 4) is 6.07 Å². The van der Waals surface area contributed by atoms with Crippen LogP contribution >= 0.6 is 23.1 Å². The molecule has 0 radical (unpaired) electrons. The zero-order valence-electron chi connectivity index (χ0n) is 9.53. The van der Waals surface area contributed by atoms with Gasteiger partial charge in [-0.1, -0.05) is 19.3 Å². The van der Waals surface area contributed by atoms with E-state index in [-0.39, 0.29) is 0 Å². The fourth-order valence-corrected chi connectivity index (χ4v) is 4.25. The minimum absolute atomic E-state index is 0.777. The summed E-state index contributed by atoms with van der Waals surface area (Å²) in [5.41, 5.74) is 0.895. The fourth-order valence-electron chi connectivity index (χ4n) is 2.04. The summed E-state index contributed by atoms with van der Waals surface area (Å²) in [6.07, 6.45) is 6.91. The number of nitriles is 1. The van der Waals surface area contributed by atoms with Gasteiger partial charge in [-0.25, -0.2) is 4.98 Å². The first-order chi connectivity index (χ1) is 7.79. The normalized spacial score (nSPS) is 17.2. The van der Waals surface area contributed by atoms with Gasteiger partial charge >= 0.3 is 0 Å². The Bertz CT molecular complexity index is 386. The van der Waals surface area contributed by atoms with Gasteiger partial charge < -0.3 is 0 Å². The van der Waals surface area contributed by atoms with Crippen LogP contribution in [0.5, 0.6) is 0 Å². The molecule has 1 aliphatic carbocycles. The van der Waals surface area contributed by atoms with E-state index in [2.05, 4.69) is 11.1 Å². The van der Waals surface area contributed by atoms with E-state index in [1.54, 1.807) is 11.3 Å². The third-order valence-corrected chi connectivity index (χ3v) is 5.56. The van der Waals surface area contributed by atoms with Crippen molar-refractivity contribution >= 4 is 23.1 Å². The average Bonchev–Trinajstić information content (AvgIpc) is 2.69. The Kier molecular flexibility index (Phi) is 4.25. The molecule has 1 aromatic rings. The van der Waals surface area contributed by atoms with Crippen molar-refractivity contribution in [3.63, 3.8) is 0 Å². The third kappa shape index (κ3) is 2.99. The van der Waals surface area contributed by atoms with Crippen LogP contribution in [0.4, 0.5) is 0 Å². The van der Waals surface area contributed by atoms with Gasteiger partial charge in [0.05, 0.1) is 5.69 Å². The molecule has 0 atom stereocenters. The van der Waals surface area contributed by atoms with E-state index < -0.39 is 0 Å². The molecular formula is C12H16N2S2. The number of thiazole rings is 1. The van der Waals surface area contributed by atoms with Gasteiger partial charge in [0, 0.05) is 11.0 Å². The summed E-state index contributed by atoms with van der Waals surface area (Å²) in [5.74, 6) is 0.984. The highest BCUT2D eigenvalue weighted by Gasteiger charge is 2.15. The van der Waals surface area contributed by atoms with Crippen LogP contribution in [-0.2, 0) is 5.75 Å². The fraction of sp³-hybridized carbons (Fsp3) is 0.667. The highest BCUT2D eigenvalue weighted by Crippen LogP contribution is 2.31. The van der Waals surface area contributed by atoms with Crippen LogP contribution in [0.1, 0.15) is 47.7 Å². The smallest absolute Gasteiger partial charge is 0.127 e. The molecule has 0 N–H and O–H groups in total. The van der Waals surface area contributed by atoms with Crippen molar-refractivity contribution in [3.05, 3.63) is 15.6 Å². The predicted octanol–water partition coefficient (Wildman–Crippen LogP) is 3.89. The lowest BCUT2D eigenvalue weighted by Gasteiger charge is -2.20. The number of thioether (sulfide) groups is 1. The van der Waals surface area contributed by atoms with Gasteiger partial charge in [0.15, 0.2) is 0 Å². The Morgan fingerprint density at radius 3 is 2.81 bits per heavy atom. The second-order valence-corrected chi connectivity index (χ2v) is 6.58. The van der Waals surface area contributed by atoms with Gasteiger partial charge in [0.2, 0.25) is 0 Å². The number of aryl methyl sites for hydroxylation is 1. The van der Waals surface area contributed by atoms with Crippen molar-refractivity contribution in [2.24, 2.45) is 0 Å². The van der Waals surface area contributed by atoms with Gasteiger partial charge in [-0.2, -0.15) is 17.0 Å². The molecule has 1 saturated carbocycles. The molecule has 2 rings (SSSR count). The summed E-state index contributed by atoms with van der Waals surface area (Å²) in [6, 6.07) is 2.20. The van der Waals surface area contributed by atoms with Crippen LogP contribution in [0.2, 0.25) is 0 Å². The molecule has 16 heavy (non-hydrogen) atoms. The highest BCUT2D eigenvalue weighted by atomic mass is 32.2. The first-order valence-electron chi connectivity index (χ1n) is 5.77. The zero-order chi connectivity index (χ0) is 11.4. The molecule has 0 aliphatic heterocycles. The lowest BCUT2D eigenvalue weighted by molar-refractivity contribution is 0.516. The molecule has 0 aromatic carbocycles. The average molecular weight is 252 g/mol. The topological polar surface area (TPSA) is 36.7 Å². The van der Waals surface area contributed by atoms with E-state index in [1.807, 2.05) is 18.7 Å². The summed E-state index contributed by atoms with van der Waals surface area (Å²) in [4.78, 5) is 5.22. The largest absolute Gasteiger partial charge is 0.244 e. The van der Waals surface area contributed by atoms with Gasteiger partial charge in [0.25, 0.3) is 0 Å². The summed E-state index contributed by atoms with van der Waals surface area (Å²) >= 11 is 3.58. The van der Waals surface area contributed by atoms with Crippen LogP contribution in [0.25, 0.3) is 0 Å². The molecule has 1 heterocycles. The van der Waals surface area contributed by atoms with E-state index in [0.29, 0.717) is 0 Å². The van der Waals surface area contributed by atoms with Crippen LogP contribution in [0, 0.1) is 18.3 Å². The lowest BCUT2D eigenvalue weighted by atomic mass is 10.0. The molecular weight excluding hydrogens is 236 g/mol. The molecule has 1 aliphatic rings. The molecule has 0 saturated heterocycles. The van der Waals surface area contributed by atoms with E-state index in [9.17, 15) is 0 Å². The van der Waals surface area contributed by atoms with Crippen molar-refractivity contribution < 1.29 is 0 Å². The van der Waals surface area contributed by atoms with Gasteiger partial charge in [0.1, 0.15) is 16.0 Å². The minimum atomic E-state index is 0.777. The Morgan fingerprint density at radius 1 is 1.44 bits per heavy atom. The number of aromatic nitrogens is 1. The Labute approximate surface area is 105 Å². The van der Waals surface area contributed by atoms with Crippen molar-refractivity contribution in [2.45, 2.75) is 50.0 Å². The molecule has 4 heteroatoms. The standard InChI is InChI=1S/C12H16N2S2/c1-9-11(7-13)16-12(14-9)8-15-10-5-3-2-4-6-10/h10H,2-6,8H2,1H3. The lowest BCUT2D eigenvalue weighted by Crippen LogP contribution is -2.08. The minimum Gasteiger partial charge on any atom is -0.244 e. The second-order valence-electron chi connectivity index (χ2n) is 4.20. The van der Waals surface area contributed by atoms with Gasteiger partial charge in [-0.15, -0.1) is 11.3 Å².